The second-order valence-electron chi connectivity index (χ2n) is 6.02. The number of ether oxygens (including phenoxy) is 1. The number of piperidine rings is 1. The summed E-state index contributed by atoms with van der Waals surface area (Å²) in [7, 11) is -0.618. The average Bonchev–Trinajstić information content (AvgIpc) is 2.51. The second-order valence-corrected chi connectivity index (χ2v) is 8.01. The van der Waals surface area contributed by atoms with Crippen LogP contribution in [0.4, 0.5) is 0 Å². The number of hydrogen-bond acceptors (Lipinski definition) is 4. The van der Waals surface area contributed by atoms with Crippen molar-refractivity contribution in [1.82, 2.24) is 8.61 Å². The molecular weight excluding hydrogens is 292 g/mol. The maximum Gasteiger partial charge on any atom is 0.306 e. The van der Waals surface area contributed by atoms with Gasteiger partial charge in [0.2, 0.25) is 0 Å². The van der Waals surface area contributed by atoms with Crippen LogP contribution < -0.4 is 0 Å². The van der Waals surface area contributed by atoms with Crippen molar-refractivity contribution < 1.29 is 17.9 Å². The molecule has 6 nitrogen and oxygen atoms in total. The second kappa shape index (κ2) is 7.07. The third-order valence-electron chi connectivity index (χ3n) is 4.74. The topological polar surface area (TPSA) is 66.9 Å². The SMILES string of the molecule is COC(=O)CCN(C)S(=O)(=O)N1CCC[C@H]2CCCC[C@H]21. The van der Waals surface area contributed by atoms with Gasteiger partial charge in [-0.25, -0.2) is 0 Å². The molecule has 122 valence electrons. The fraction of sp³-hybridized carbons (Fsp3) is 0.929. The lowest BCUT2D eigenvalue weighted by molar-refractivity contribution is -0.140. The minimum atomic E-state index is -3.48. The van der Waals surface area contributed by atoms with Crippen molar-refractivity contribution in [3.8, 4) is 0 Å². The van der Waals surface area contributed by atoms with Crippen LogP contribution in [-0.4, -0.2) is 56.3 Å². The summed E-state index contributed by atoms with van der Waals surface area (Å²) in [6, 6.07) is 0.151. The molecule has 2 atom stereocenters. The number of nitrogens with zero attached hydrogens (tertiary/aromatic N) is 2. The first kappa shape index (κ1) is 16.7. The van der Waals surface area contributed by atoms with E-state index in [1.165, 1.54) is 17.8 Å². The van der Waals surface area contributed by atoms with E-state index in [1.54, 1.807) is 11.4 Å². The summed E-state index contributed by atoms with van der Waals surface area (Å²) in [6.07, 6.45) is 6.60. The zero-order chi connectivity index (χ0) is 15.5. The van der Waals surface area contributed by atoms with Crippen molar-refractivity contribution in [2.24, 2.45) is 5.92 Å². The minimum absolute atomic E-state index is 0.0914. The number of hydrogen-bond donors (Lipinski definition) is 0. The van der Waals surface area contributed by atoms with Crippen LogP contribution >= 0.6 is 0 Å². The highest BCUT2D eigenvalue weighted by Gasteiger charge is 2.40. The summed E-state index contributed by atoms with van der Waals surface area (Å²) in [4.78, 5) is 11.2. The lowest BCUT2D eigenvalue weighted by atomic mass is 9.79. The molecule has 0 bridgehead atoms. The Morgan fingerprint density at radius 1 is 1.24 bits per heavy atom. The number of carbonyl (C=O) groups excluding carboxylic acids is 1. The quantitative estimate of drug-likeness (QED) is 0.718. The molecular formula is C14H26N2O4S. The molecule has 2 aliphatic rings. The molecule has 7 heteroatoms. The molecule has 1 aliphatic heterocycles. The van der Waals surface area contributed by atoms with Gasteiger partial charge in [0.25, 0.3) is 10.2 Å². The van der Waals surface area contributed by atoms with Gasteiger partial charge in [-0.15, -0.1) is 0 Å². The highest BCUT2D eigenvalue weighted by molar-refractivity contribution is 7.86. The summed E-state index contributed by atoms with van der Waals surface area (Å²) < 4.78 is 33.0. The van der Waals surface area contributed by atoms with E-state index in [4.69, 9.17) is 0 Å². The third-order valence-corrected chi connectivity index (χ3v) is 6.76. The summed E-state index contributed by atoms with van der Waals surface area (Å²) in [5, 5.41) is 0. The molecule has 0 radical (unpaired) electrons. The Labute approximate surface area is 127 Å². The zero-order valence-electron chi connectivity index (χ0n) is 13.0. The summed E-state index contributed by atoms with van der Waals surface area (Å²) in [5.74, 6) is 0.127. The Bertz CT molecular complexity index is 464. The molecule has 1 saturated heterocycles. The first-order valence-corrected chi connectivity index (χ1v) is 9.16. The fourth-order valence-electron chi connectivity index (χ4n) is 3.51. The van der Waals surface area contributed by atoms with Crippen LogP contribution in [0.3, 0.4) is 0 Å². The van der Waals surface area contributed by atoms with Crippen molar-refractivity contribution in [2.45, 2.75) is 51.0 Å². The predicted molar refractivity (Wildman–Crippen MR) is 79.9 cm³/mol. The summed E-state index contributed by atoms with van der Waals surface area (Å²) in [5.41, 5.74) is 0. The van der Waals surface area contributed by atoms with Gasteiger partial charge in [-0.2, -0.15) is 17.0 Å². The molecule has 2 fully saturated rings. The molecule has 0 aromatic rings. The Morgan fingerprint density at radius 2 is 1.90 bits per heavy atom. The van der Waals surface area contributed by atoms with Crippen LogP contribution in [0.25, 0.3) is 0 Å². The van der Waals surface area contributed by atoms with Crippen molar-refractivity contribution in [2.75, 3.05) is 27.2 Å². The summed E-state index contributed by atoms with van der Waals surface area (Å²) >= 11 is 0. The van der Waals surface area contributed by atoms with Gasteiger partial charge in [0.15, 0.2) is 0 Å². The Hall–Kier alpha value is -0.660. The number of esters is 1. The predicted octanol–water partition coefficient (Wildman–Crippen LogP) is 1.38. The molecule has 0 unspecified atom stereocenters. The van der Waals surface area contributed by atoms with E-state index >= 15 is 0 Å². The van der Waals surface area contributed by atoms with E-state index in [0.29, 0.717) is 12.5 Å². The lowest BCUT2D eigenvalue weighted by Crippen LogP contribution is -2.53. The van der Waals surface area contributed by atoms with E-state index in [1.807, 2.05) is 0 Å². The molecule has 0 aromatic heterocycles. The van der Waals surface area contributed by atoms with Crippen molar-refractivity contribution in [1.29, 1.82) is 0 Å². The molecule has 0 spiro atoms. The Balaban J connectivity index is 2.04. The smallest absolute Gasteiger partial charge is 0.306 e. The normalized spacial score (nSPS) is 27.4. The van der Waals surface area contributed by atoms with Crippen LogP contribution in [0.1, 0.15) is 44.9 Å². The standard InChI is InChI=1S/C14H26N2O4S/c1-15(11-9-14(17)20-2)21(18,19)16-10-5-7-12-6-3-4-8-13(12)16/h12-13H,3-11H2,1-2H3/t12-,13-/m1/s1. The monoisotopic (exact) mass is 318 g/mol. The van der Waals surface area contributed by atoms with Gasteiger partial charge >= 0.3 is 5.97 Å². The highest BCUT2D eigenvalue weighted by Crippen LogP contribution is 2.37. The largest absolute Gasteiger partial charge is 0.469 e. The first-order chi connectivity index (χ1) is 9.96. The van der Waals surface area contributed by atoms with E-state index in [2.05, 4.69) is 4.74 Å². The third kappa shape index (κ3) is 3.76. The van der Waals surface area contributed by atoms with Gasteiger partial charge in [-0.05, 0) is 31.6 Å². The molecule has 1 saturated carbocycles. The van der Waals surface area contributed by atoms with Crippen molar-refractivity contribution >= 4 is 16.2 Å². The molecule has 21 heavy (non-hydrogen) atoms. The number of rotatable bonds is 5. The molecule has 0 amide bonds. The summed E-state index contributed by atoms with van der Waals surface area (Å²) in [6.45, 7) is 0.773. The maximum absolute atomic E-state index is 12.7. The fourth-order valence-corrected chi connectivity index (χ4v) is 5.17. The lowest BCUT2D eigenvalue weighted by Gasteiger charge is -2.44. The molecule has 2 rings (SSSR count). The van der Waals surface area contributed by atoms with Crippen LogP contribution in [0.2, 0.25) is 0 Å². The molecule has 1 heterocycles. The van der Waals surface area contributed by atoms with Crippen molar-refractivity contribution in [3.63, 3.8) is 0 Å². The molecule has 0 aromatic carbocycles. The number of fused-ring (bicyclic) bond motifs is 1. The van der Waals surface area contributed by atoms with Gasteiger partial charge in [-0.1, -0.05) is 12.8 Å². The molecule has 1 aliphatic carbocycles. The maximum atomic E-state index is 12.7. The Morgan fingerprint density at radius 3 is 2.62 bits per heavy atom. The minimum Gasteiger partial charge on any atom is -0.469 e. The van der Waals surface area contributed by atoms with E-state index < -0.39 is 10.2 Å². The first-order valence-electron chi connectivity index (χ1n) is 7.76. The van der Waals surface area contributed by atoms with Gasteiger partial charge in [-0.3, -0.25) is 4.79 Å². The van der Waals surface area contributed by atoms with Crippen LogP contribution in [0.15, 0.2) is 0 Å². The molecule has 0 N–H and O–H groups in total. The van der Waals surface area contributed by atoms with Gasteiger partial charge in [0, 0.05) is 26.2 Å². The Kier molecular flexibility index (Phi) is 5.62. The van der Waals surface area contributed by atoms with Crippen LogP contribution in [0.5, 0.6) is 0 Å². The van der Waals surface area contributed by atoms with Gasteiger partial charge < -0.3 is 4.74 Å². The van der Waals surface area contributed by atoms with Gasteiger partial charge in [0.1, 0.15) is 0 Å². The highest BCUT2D eigenvalue weighted by atomic mass is 32.2. The zero-order valence-corrected chi connectivity index (χ0v) is 13.8. The average molecular weight is 318 g/mol. The van der Waals surface area contributed by atoms with E-state index in [9.17, 15) is 13.2 Å². The number of carbonyl (C=O) groups is 1. The van der Waals surface area contributed by atoms with Gasteiger partial charge in [0.05, 0.1) is 13.5 Å². The van der Waals surface area contributed by atoms with E-state index in [0.717, 1.165) is 32.1 Å². The number of methoxy groups -OCH3 is 1. The van der Waals surface area contributed by atoms with Crippen LogP contribution in [0, 0.1) is 5.92 Å². The van der Waals surface area contributed by atoms with Crippen LogP contribution in [-0.2, 0) is 19.7 Å². The van der Waals surface area contributed by atoms with E-state index in [-0.39, 0.29) is 25.0 Å². The van der Waals surface area contributed by atoms with Crippen molar-refractivity contribution in [3.05, 3.63) is 0 Å².